The van der Waals surface area contributed by atoms with E-state index in [0.717, 1.165) is 4.31 Å². The van der Waals surface area contributed by atoms with Gasteiger partial charge < -0.3 is 19.1 Å². The molecule has 2 atom stereocenters. The lowest BCUT2D eigenvalue weighted by atomic mass is 10.2. The summed E-state index contributed by atoms with van der Waals surface area (Å²) < 4.78 is 44.3. The van der Waals surface area contributed by atoms with Crippen LogP contribution < -0.4 is 9.04 Å². The van der Waals surface area contributed by atoms with Gasteiger partial charge in [0.05, 0.1) is 42.0 Å². The number of morpholine rings is 1. The van der Waals surface area contributed by atoms with E-state index in [0.29, 0.717) is 24.5 Å². The predicted molar refractivity (Wildman–Crippen MR) is 131 cm³/mol. The number of amides is 1. The molecule has 0 N–H and O–H groups in total. The Balaban J connectivity index is 1.78. The molecule has 1 aliphatic rings. The molecule has 0 saturated carbocycles. The molecule has 0 spiro atoms. The van der Waals surface area contributed by atoms with E-state index in [4.69, 9.17) is 14.2 Å². The molecular weight excluding hydrogens is 472 g/mol. The van der Waals surface area contributed by atoms with Crippen molar-refractivity contribution in [2.24, 2.45) is 0 Å². The maximum absolute atomic E-state index is 13.5. The number of esters is 1. The Morgan fingerprint density at radius 3 is 2.49 bits per heavy atom. The zero-order valence-electron chi connectivity index (χ0n) is 20.0. The molecule has 0 radical (unpaired) electrons. The molecule has 1 saturated heterocycles. The molecule has 35 heavy (non-hydrogen) atoms. The van der Waals surface area contributed by atoms with Crippen LogP contribution >= 0.6 is 0 Å². The van der Waals surface area contributed by atoms with Gasteiger partial charge in [-0.2, -0.15) is 0 Å². The highest BCUT2D eigenvalue weighted by Gasteiger charge is 2.29. The van der Waals surface area contributed by atoms with E-state index < -0.39 is 22.6 Å². The summed E-state index contributed by atoms with van der Waals surface area (Å²) in [4.78, 5) is 26.6. The minimum Gasteiger partial charge on any atom is -0.495 e. The summed E-state index contributed by atoms with van der Waals surface area (Å²) in [6.07, 6.45) is 1.24. The molecule has 10 heteroatoms. The quantitative estimate of drug-likeness (QED) is 0.384. The number of carbonyl (C=O) groups excluding carboxylic acids is 2. The number of carbonyl (C=O) groups is 2. The van der Waals surface area contributed by atoms with Gasteiger partial charge in [-0.3, -0.25) is 9.10 Å². The predicted octanol–water partition coefficient (Wildman–Crippen LogP) is 2.87. The molecule has 1 heterocycles. The molecule has 0 aromatic heterocycles. The van der Waals surface area contributed by atoms with Crippen LogP contribution in [0.5, 0.6) is 5.75 Å². The fourth-order valence-electron chi connectivity index (χ4n) is 3.87. The number of hydrogen-bond acceptors (Lipinski definition) is 7. The number of benzene rings is 2. The average molecular weight is 503 g/mol. The van der Waals surface area contributed by atoms with Gasteiger partial charge in [0.1, 0.15) is 5.75 Å². The number of hydrogen-bond donors (Lipinski definition) is 0. The van der Waals surface area contributed by atoms with E-state index in [1.165, 1.54) is 37.5 Å². The van der Waals surface area contributed by atoms with Gasteiger partial charge in [0.15, 0.2) is 6.61 Å². The summed E-state index contributed by atoms with van der Waals surface area (Å²) in [6.45, 7) is 7.77. The molecule has 1 amide bonds. The molecular formula is C25H30N2O7S. The molecule has 0 unspecified atom stereocenters. The number of rotatable bonds is 9. The first-order chi connectivity index (χ1) is 16.7. The van der Waals surface area contributed by atoms with Gasteiger partial charge in [-0.15, -0.1) is 6.58 Å². The lowest BCUT2D eigenvalue weighted by molar-refractivity contribution is -0.146. The Kier molecular flexibility index (Phi) is 8.52. The second-order valence-electron chi connectivity index (χ2n) is 8.16. The lowest BCUT2D eigenvalue weighted by Gasteiger charge is -2.35. The van der Waals surface area contributed by atoms with Crippen molar-refractivity contribution < 1.29 is 32.2 Å². The molecule has 0 aliphatic carbocycles. The van der Waals surface area contributed by atoms with E-state index in [9.17, 15) is 18.0 Å². The molecule has 0 bridgehead atoms. The zero-order valence-corrected chi connectivity index (χ0v) is 20.9. The molecule has 188 valence electrons. The van der Waals surface area contributed by atoms with Crippen molar-refractivity contribution in [2.45, 2.75) is 31.0 Å². The number of methoxy groups -OCH3 is 1. The van der Waals surface area contributed by atoms with Crippen LogP contribution in [0.15, 0.2) is 66.1 Å². The van der Waals surface area contributed by atoms with Crippen LogP contribution in [0.25, 0.3) is 0 Å². The Morgan fingerprint density at radius 1 is 1.14 bits per heavy atom. The standard InChI is InChI=1S/C25H30N2O7S/c1-5-13-27(22-11-6-7-12-23(22)32-4)35(30,31)21-10-8-9-20(14-21)25(29)33-17-24(28)26-15-18(2)34-19(3)16-26/h5-12,14,18-19H,1,13,15-17H2,2-4H3/t18-,19-/m0/s1. The van der Waals surface area contributed by atoms with Gasteiger partial charge in [0.2, 0.25) is 0 Å². The van der Waals surface area contributed by atoms with Crippen LogP contribution in [-0.4, -0.2) is 70.8 Å². The number of anilines is 1. The van der Waals surface area contributed by atoms with E-state index in [1.807, 2.05) is 13.8 Å². The third-order valence-corrected chi connectivity index (χ3v) is 7.18. The van der Waals surface area contributed by atoms with E-state index in [2.05, 4.69) is 6.58 Å². The maximum atomic E-state index is 13.5. The van der Waals surface area contributed by atoms with Crippen LogP contribution in [0.1, 0.15) is 24.2 Å². The topological polar surface area (TPSA) is 102 Å². The Labute approximate surface area is 205 Å². The normalized spacial score (nSPS) is 18.0. The Morgan fingerprint density at radius 2 is 1.83 bits per heavy atom. The van der Waals surface area contributed by atoms with Crippen molar-refractivity contribution in [3.8, 4) is 5.75 Å². The van der Waals surface area contributed by atoms with Gasteiger partial charge >= 0.3 is 5.97 Å². The third-order valence-electron chi connectivity index (χ3n) is 5.41. The zero-order chi connectivity index (χ0) is 25.6. The Bertz CT molecular complexity index is 1170. The van der Waals surface area contributed by atoms with Gasteiger partial charge in [0.25, 0.3) is 15.9 Å². The molecule has 2 aromatic carbocycles. The van der Waals surface area contributed by atoms with Crippen molar-refractivity contribution in [1.29, 1.82) is 0 Å². The van der Waals surface area contributed by atoms with Gasteiger partial charge in [-0.25, -0.2) is 13.2 Å². The number of ether oxygens (including phenoxy) is 3. The summed E-state index contributed by atoms with van der Waals surface area (Å²) in [7, 11) is -2.63. The minimum atomic E-state index is -4.08. The number of nitrogens with zero attached hydrogens (tertiary/aromatic N) is 2. The van der Waals surface area contributed by atoms with Crippen molar-refractivity contribution in [3.63, 3.8) is 0 Å². The van der Waals surface area contributed by atoms with Gasteiger partial charge in [-0.1, -0.05) is 24.3 Å². The first-order valence-corrected chi connectivity index (χ1v) is 12.6. The highest BCUT2D eigenvalue weighted by atomic mass is 32.2. The molecule has 1 fully saturated rings. The average Bonchev–Trinajstić information content (AvgIpc) is 2.85. The van der Waals surface area contributed by atoms with Crippen LogP contribution in [0, 0.1) is 0 Å². The largest absolute Gasteiger partial charge is 0.495 e. The van der Waals surface area contributed by atoms with E-state index in [-0.39, 0.29) is 35.1 Å². The van der Waals surface area contributed by atoms with E-state index in [1.54, 1.807) is 29.2 Å². The molecule has 3 rings (SSSR count). The Hall–Kier alpha value is -3.37. The maximum Gasteiger partial charge on any atom is 0.338 e. The van der Waals surface area contributed by atoms with Crippen LogP contribution in [0.2, 0.25) is 0 Å². The SMILES string of the molecule is C=CCN(c1ccccc1OC)S(=O)(=O)c1cccc(C(=O)OCC(=O)N2C[C@H](C)O[C@@H](C)C2)c1. The van der Waals surface area contributed by atoms with Gasteiger partial charge in [0, 0.05) is 13.1 Å². The second kappa shape index (κ2) is 11.4. The summed E-state index contributed by atoms with van der Waals surface area (Å²) in [5.41, 5.74) is 0.351. The van der Waals surface area contributed by atoms with Crippen molar-refractivity contribution in [1.82, 2.24) is 4.90 Å². The smallest absolute Gasteiger partial charge is 0.338 e. The molecule has 9 nitrogen and oxygen atoms in total. The molecule has 1 aliphatic heterocycles. The first-order valence-electron chi connectivity index (χ1n) is 11.1. The summed E-state index contributed by atoms with van der Waals surface area (Å²) in [5.74, 6) is -0.756. The van der Waals surface area contributed by atoms with Crippen LogP contribution in [-0.2, 0) is 24.3 Å². The number of para-hydroxylation sites is 2. The lowest BCUT2D eigenvalue weighted by Crippen LogP contribution is -2.49. The third kappa shape index (κ3) is 6.20. The van der Waals surface area contributed by atoms with Crippen LogP contribution in [0.3, 0.4) is 0 Å². The monoisotopic (exact) mass is 502 g/mol. The summed E-state index contributed by atoms with van der Waals surface area (Å²) >= 11 is 0. The fraction of sp³-hybridized carbons (Fsp3) is 0.360. The minimum absolute atomic E-state index is 0.0116. The fourth-order valence-corrected chi connectivity index (χ4v) is 5.37. The highest BCUT2D eigenvalue weighted by Crippen LogP contribution is 2.32. The summed E-state index contributed by atoms with van der Waals surface area (Å²) in [6, 6.07) is 12.2. The van der Waals surface area contributed by atoms with E-state index >= 15 is 0 Å². The highest BCUT2D eigenvalue weighted by molar-refractivity contribution is 7.92. The molecule has 2 aromatic rings. The second-order valence-corrected chi connectivity index (χ2v) is 10.0. The number of sulfonamides is 1. The van der Waals surface area contributed by atoms with Crippen LogP contribution in [0.4, 0.5) is 5.69 Å². The first kappa shape index (κ1) is 26.2. The van der Waals surface area contributed by atoms with Crippen molar-refractivity contribution in [2.75, 3.05) is 37.7 Å². The van der Waals surface area contributed by atoms with Crippen molar-refractivity contribution >= 4 is 27.6 Å². The summed E-state index contributed by atoms with van der Waals surface area (Å²) in [5, 5.41) is 0. The van der Waals surface area contributed by atoms with Crippen molar-refractivity contribution in [3.05, 3.63) is 66.7 Å². The van der Waals surface area contributed by atoms with Gasteiger partial charge in [-0.05, 0) is 44.2 Å².